The van der Waals surface area contributed by atoms with Crippen LogP contribution in [-0.2, 0) is 0 Å². The first-order chi connectivity index (χ1) is 7.65. The third kappa shape index (κ3) is 2.41. The lowest BCUT2D eigenvalue weighted by molar-refractivity contribution is 0.0702. The minimum atomic E-state index is -0.927. The van der Waals surface area contributed by atoms with Crippen LogP contribution in [0, 0.1) is 6.92 Å². The van der Waals surface area contributed by atoms with Gasteiger partial charge in [0.15, 0.2) is 0 Å². The first kappa shape index (κ1) is 10.7. The number of aryl methyl sites for hydroxylation is 1. The lowest BCUT2D eigenvalue weighted by Crippen LogP contribution is -1.90. The van der Waals surface area contributed by atoms with Crippen molar-refractivity contribution in [2.75, 3.05) is 0 Å². The van der Waals surface area contributed by atoms with Crippen molar-refractivity contribution in [1.82, 2.24) is 0 Å². The molecule has 1 heterocycles. The summed E-state index contributed by atoms with van der Waals surface area (Å²) in [4.78, 5) is 10.9. The molecule has 0 unspecified atom stereocenters. The lowest BCUT2D eigenvalue weighted by Gasteiger charge is -2.02. The van der Waals surface area contributed by atoms with E-state index in [2.05, 4.69) is 0 Å². The highest BCUT2D eigenvalue weighted by Crippen LogP contribution is 2.26. The maximum Gasteiger partial charge on any atom is 0.346 e. The van der Waals surface area contributed by atoms with Crippen molar-refractivity contribution in [3.05, 3.63) is 46.2 Å². The summed E-state index contributed by atoms with van der Waals surface area (Å²) in [6.45, 7) is 2.00. The van der Waals surface area contributed by atoms with Crippen LogP contribution in [0.15, 0.2) is 35.7 Å². The van der Waals surface area contributed by atoms with Crippen LogP contribution < -0.4 is 4.74 Å². The predicted octanol–water partition coefficient (Wildman–Crippen LogP) is 3.55. The molecular formula is C12H10O3S. The fourth-order valence-electron chi connectivity index (χ4n) is 1.23. The van der Waals surface area contributed by atoms with Crippen LogP contribution in [0.2, 0.25) is 0 Å². The van der Waals surface area contributed by atoms with E-state index < -0.39 is 5.97 Å². The summed E-state index contributed by atoms with van der Waals surface area (Å²) in [7, 11) is 0. The van der Waals surface area contributed by atoms with Crippen LogP contribution >= 0.6 is 11.3 Å². The fraction of sp³-hybridized carbons (Fsp3) is 0.0833. The van der Waals surface area contributed by atoms with E-state index in [4.69, 9.17) is 9.84 Å². The number of hydrogen-bond donors (Lipinski definition) is 1. The van der Waals surface area contributed by atoms with E-state index in [0.717, 1.165) is 16.9 Å². The maximum absolute atomic E-state index is 10.7. The van der Waals surface area contributed by atoms with Crippen LogP contribution in [0.4, 0.5) is 0 Å². The van der Waals surface area contributed by atoms with E-state index in [9.17, 15) is 4.79 Å². The first-order valence-electron chi connectivity index (χ1n) is 4.71. The molecule has 2 rings (SSSR count). The highest BCUT2D eigenvalue weighted by molar-refractivity contribution is 7.12. The van der Waals surface area contributed by atoms with E-state index in [0.29, 0.717) is 11.5 Å². The third-order valence-corrected chi connectivity index (χ3v) is 2.94. The Morgan fingerprint density at radius 1 is 1.25 bits per heavy atom. The highest BCUT2D eigenvalue weighted by Gasteiger charge is 2.07. The van der Waals surface area contributed by atoms with Gasteiger partial charge in [-0.1, -0.05) is 17.7 Å². The summed E-state index contributed by atoms with van der Waals surface area (Å²) in [6, 6.07) is 9.12. The van der Waals surface area contributed by atoms with Gasteiger partial charge in [-0.05, 0) is 19.1 Å². The van der Waals surface area contributed by atoms with Crippen LogP contribution in [0.3, 0.4) is 0 Å². The Labute approximate surface area is 96.9 Å². The van der Waals surface area contributed by atoms with Crippen molar-refractivity contribution < 1.29 is 14.6 Å². The van der Waals surface area contributed by atoms with Gasteiger partial charge in [-0.15, -0.1) is 11.3 Å². The molecule has 0 aliphatic rings. The fourth-order valence-corrected chi connectivity index (χ4v) is 1.87. The number of carbonyl (C=O) groups is 1. The second-order valence-electron chi connectivity index (χ2n) is 3.37. The number of rotatable bonds is 3. The molecule has 1 N–H and O–H groups in total. The zero-order chi connectivity index (χ0) is 11.5. The summed E-state index contributed by atoms with van der Waals surface area (Å²) >= 11 is 1.16. The summed E-state index contributed by atoms with van der Waals surface area (Å²) in [5.41, 5.74) is 1.16. The van der Waals surface area contributed by atoms with Gasteiger partial charge in [0.2, 0.25) is 0 Å². The second-order valence-corrected chi connectivity index (χ2v) is 4.28. The summed E-state index contributed by atoms with van der Waals surface area (Å²) < 4.78 is 5.51. The van der Waals surface area contributed by atoms with Crippen molar-refractivity contribution in [2.24, 2.45) is 0 Å². The van der Waals surface area contributed by atoms with Crippen molar-refractivity contribution in [3.8, 4) is 11.5 Å². The molecule has 2 aromatic rings. The topological polar surface area (TPSA) is 46.5 Å². The Bertz CT molecular complexity index is 499. The van der Waals surface area contributed by atoms with Gasteiger partial charge in [0, 0.05) is 11.4 Å². The van der Waals surface area contributed by atoms with Gasteiger partial charge in [0.1, 0.15) is 16.4 Å². The van der Waals surface area contributed by atoms with Crippen molar-refractivity contribution in [2.45, 2.75) is 6.92 Å². The summed E-state index contributed by atoms with van der Waals surface area (Å²) in [6.07, 6.45) is 0. The number of aromatic carboxylic acids is 1. The van der Waals surface area contributed by atoms with E-state index in [1.54, 1.807) is 5.38 Å². The smallest absolute Gasteiger partial charge is 0.346 e. The molecule has 0 saturated carbocycles. The number of benzene rings is 1. The zero-order valence-corrected chi connectivity index (χ0v) is 9.45. The predicted molar refractivity (Wildman–Crippen MR) is 62.5 cm³/mol. The van der Waals surface area contributed by atoms with Gasteiger partial charge in [-0.2, -0.15) is 0 Å². The Kier molecular flexibility index (Phi) is 2.92. The van der Waals surface area contributed by atoms with E-state index in [-0.39, 0.29) is 4.88 Å². The van der Waals surface area contributed by atoms with Crippen LogP contribution in [-0.4, -0.2) is 11.1 Å². The molecule has 0 fully saturated rings. The average molecular weight is 234 g/mol. The Balaban J connectivity index is 2.14. The monoisotopic (exact) mass is 234 g/mol. The molecule has 0 spiro atoms. The third-order valence-electron chi connectivity index (χ3n) is 2.04. The molecule has 82 valence electrons. The Morgan fingerprint density at radius 2 is 1.94 bits per heavy atom. The van der Waals surface area contributed by atoms with Crippen LogP contribution in [0.25, 0.3) is 0 Å². The molecule has 3 nitrogen and oxygen atoms in total. The maximum atomic E-state index is 10.7. The van der Waals surface area contributed by atoms with Crippen molar-refractivity contribution in [3.63, 3.8) is 0 Å². The van der Waals surface area contributed by atoms with Gasteiger partial charge < -0.3 is 9.84 Å². The summed E-state index contributed by atoms with van der Waals surface area (Å²) in [5, 5.41) is 10.4. The molecule has 0 aliphatic heterocycles. The molecule has 0 saturated heterocycles. The largest absolute Gasteiger partial charge is 0.477 e. The standard InChI is InChI=1S/C12H10O3S/c1-8-2-4-9(5-3-8)15-10-6-11(12(13)14)16-7-10/h2-7H,1H3,(H,13,14). The first-order valence-corrected chi connectivity index (χ1v) is 5.59. The molecule has 0 bridgehead atoms. The molecule has 4 heteroatoms. The van der Waals surface area contributed by atoms with E-state index in [1.807, 2.05) is 31.2 Å². The van der Waals surface area contributed by atoms with Crippen LogP contribution in [0.1, 0.15) is 15.2 Å². The molecule has 1 aromatic carbocycles. The minimum Gasteiger partial charge on any atom is -0.477 e. The van der Waals surface area contributed by atoms with E-state index >= 15 is 0 Å². The van der Waals surface area contributed by atoms with Crippen molar-refractivity contribution in [1.29, 1.82) is 0 Å². The van der Waals surface area contributed by atoms with Gasteiger partial charge in [-0.25, -0.2) is 4.79 Å². The SMILES string of the molecule is Cc1ccc(Oc2csc(C(=O)O)c2)cc1. The molecule has 1 aromatic heterocycles. The lowest BCUT2D eigenvalue weighted by atomic mass is 10.2. The molecular weight excluding hydrogens is 224 g/mol. The molecule has 0 aliphatic carbocycles. The number of ether oxygens (including phenoxy) is 1. The van der Waals surface area contributed by atoms with Gasteiger partial charge >= 0.3 is 5.97 Å². The average Bonchev–Trinajstić information content (AvgIpc) is 2.70. The number of thiophene rings is 1. The highest BCUT2D eigenvalue weighted by atomic mass is 32.1. The Hall–Kier alpha value is -1.81. The number of carboxylic acid groups (broad SMARTS) is 1. The van der Waals surface area contributed by atoms with Crippen LogP contribution in [0.5, 0.6) is 11.5 Å². The molecule has 16 heavy (non-hydrogen) atoms. The van der Waals surface area contributed by atoms with Gasteiger partial charge in [-0.3, -0.25) is 0 Å². The minimum absolute atomic E-state index is 0.280. The second kappa shape index (κ2) is 4.37. The normalized spacial score (nSPS) is 10.1. The van der Waals surface area contributed by atoms with E-state index in [1.165, 1.54) is 6.07 Å². The zero-order valence-electron chi connectivity index (χ0n) is 8.64. The Morgan fingerprint density at radius 3 is 2.50 bits per heavy atom. The van der Waals surface area contributed by atoms with Gasteiger partial charge in [0.25, 0.3) is 0 Å². The number of carboxylic acids is 1. The number of hydrogen-bond acceptors (Lipinski definition) is 3. The molecule has 0 radical (unpaired) electrons. The van der Waals surface area contributed by atoms with Gasteiger partial charge in [0.05, 0.1) is 0 Å². The summed E-state index contributed by atoms with van der Waals surface area (Å²) in [5.74, 6) is 0.343. The van der Waals surface area contributed by atoms with Crippen molar-refractivity contribution >= 4 is 17.3 Å². The quantitative estimate of drug-likeness (QED) is 0.883. The molecule has 0 amide bonds. The molecule has 0 atom stereocenters.